The molecular formula is C15H24N2O3. The van der Waals surface area contributed by atoms with E-state index < -0.39 is 0 Å². The largest absolute Gasteiger partial charge is 0.480 e. The van der Waals surface area contributed by atoms with Gasteiger partial charge in [-0.1, -0.05) is 13.8 Å². The first-order valence-electron chi connectivity index (χ1n) is 6.96. The number of methoxy groups -OCH3 is 1. The van der Waals surface area contributed by atoms with Gasteiger partial charge in [0.1, 0.15) is 5.56 Å². The quantitative estimate of drug-likeness (QED) is 0.762. The number of aliphatic hydroxyl groups excluding tert-OH is 1. The highest BCUT2D eigenvalue weighted by molar-refractivity contribution is 5.96. The topological polar surface area (TPSA) is 71.5 Å². The molecule has 5 nitrogen and oxygen atoms in total. The molecule has 0 fully saturated rings. The number of aromatic nitrogens is 1. The summed E-state index contributed by atoms with van der Waals surface area (Å²) in [5.41, 5.74) is 0.433. The van der Waals surface area contributed by atoms with Crippen LogP contribution in [0, 0.1) is 11.8 Å². The van der Waals surface area contributed by atoms with Gasteiger partial charge in [0, 0.05) is 19.3 Å². The number of ether oxygens (including phenoxy) is 1. The van der Waals surface area contributed by atoms with Gasteiger partial charge in [-0.05, 0) is 36.8 Å². The number of aliphatic hydroxyl groups is 1. The molecule has 1 amide bonds. The maximum atomic E-state index is 12.1. The second kappa shape index (κ2) is 8.53. The van der Waals surface area contributed by atoms with Crippen molar-refractivity contribution in [3.8, 4) is 5.88 Å². The first-order chi connectivity index (χ1) is 9.58. The maximum Gasteiger partial charge on any atom is 0.256 e. The lowest BCUT2D eigenvalue weighted by molar-refractivity contribution is 0.0937. The van der Waals surface area contributed by atoms with Gasteiger partial charge in [-0.25, -0.2) is 4.98 Å². The average Bonchev–Trinajstić information content (AvgIpc) is 2.44. The van der Waals surface area contributed by atoms with E-state index in [2.05, 4.69) is 24.1 Å². The minimum atomic E-state index is -0.193. The van der Waals surface area contributed by atoms with Crippen molar-refractivity contribution in [2.45, 2.75) is 26.7 Å². The Hall–Kier alpha value is -1.62. The van der Waals surface area contributed by atoms with Gasteiger partial charge in [-0.15, -0.1) is 0 Å². The minimum Gasteiger partial charge on any atom is -0.480 e. The Morgan fingerprint density at radius 1 is 1.50 bits per heavy atom. The summed E-state index contributed by atoms with van der Waals surface area (Å²) < 4.78 is 5.07. The third kappa shape index (κ3) is 5.17. The third-order valence-corrected chi connectivity index (χ3v) is 3.10. The molecule has 5 heteroatoms. The number of pyridine rings is 1. The molecule has 1 aromatic rings. The van der Waals surface area contributed by atoms with E-state index in [4.69, 9.17) is 9.84 Å². The zero-order valence-electron chi connectivity index (χ0n) is 12.4. The number of amides is 1. The number of hydrogen-bond acceptors (Lipinski definition) is 4. The molecule has 1 unspecified atom stereocenters. The van der Waals surface area contributed by atoms with E-state index in [9.17, 15) is 4.79 Å². The molecule has 0 aliphatic rings. The molecule has 112 valence electrons. The summed E-state index contributed by atoms with van der Waals surface area (Å²) >= 11 is 0. The molecule has 0 radical (unpaired) electrons. The van der Waals surface area contributed by atoms with E-state index in [1.165, 1.54) is 7.11 Å². The van der Waals surface area contributed by atoms with E-state index in [0.717, 1.165) is 6.42 Å². The Morgan fingerprint density at radius 3 is 2.85 bits per heavy atom. The number of nitrogens with one attached hydrogen (secondary N) is 1. The minimum absolute atomic E-state index is 0.142. The highest BCUT2D eigenvalue weighted by Gasteiger charge is 2.16. The Kier molecular flexibility index (Phi) is 7.01. The molecule has 0 saturated carbocycles. The van der Waals surface area contributed by atoms with Gasteiger partial charge in [-0.3, -0.25) is 4.79 Å². The molecule has 20 heavy (non-hydrogen) atoms. The number of hydrogen-bond donors (Lipinski definition) is 2. The predicted molar refractivity (Wildman–Crippen MR) is 77.8 cm³/mol. The van der Waals surface area contributed by atoms with Crippen LogP contribution in [-0.4, -0.2) is 36.3 Å². The molecule has 0 spiro atoms. The van der Waals surface area contributed by atoms with Gasteiger partial charge in [0.05, 0.1) is 7.11 Å². The van der Waals surface area contributed by atoms with Crippen molar-refractivity contribution in [3.63, 3.8) is 0 Å². The van der Waals surface area contributed by atoms with Gasteiger partial charge in [0.25, 0.3) is 5.91 Å². The summed E-state index contributed by atoms with van der Waals surface area (Å²) in [7, 11) is 1.49. The van der Waals surface area contributed by atoms with Crippen LogP contribution in [0.15, 0.2) is 18.3 Å². The van der Waals surface area contributed by atoms with Crippen LogP contribution in [0.25, 0.3) is 0 Å². The van der Waals surface area contributed by atoms with E-state index in [-0.39, 0.29) is 18.4 Å². The monoisotopic (exact) mass is 280 g/mol. The van der Waals surface area contributed by atoms with Crippen molar-refractivity contribution >= 4 is 5.91 Å². The number of rotatable bonds is 8. The Balaban J connectivity index is 2.60. The van der Waals surface area contributed by atoms with Crippen molar-refractivity contribution < 1.29 is 14.6 Å². The second-order valence-electron chi connectivity index (χ2n) is 5.28. The van der Waals surface area contributed by atoms with E-state index in [0.29, 0.717) is 30.3 Å². The molecule has 0 aromatic carbocycles. The summed E-state index contributed by atoms with van der Waals surface area (Å²) in [5, 5.41) is 12.0. The zero-order chi connectivity index (χ0) is 15.0. The molecule has 0 saturated heterocycles. The van der Waals surface area contributed by atoms with Gasteiger partial charge in [-0.2, -0.15) is 0 Å². The van der Waals surface area contributed by atoms with Crippen LogP contribution < -0.4 is 10.1 Å². The van der Waals surface area contributed by atoms with Crippen LogP contribution in [0.3, 0.4) is 0 Å². The molecule has 1 aromatic heterocycles. The Bertz CT molecular complexity index is 421. The molecule has 0 aliphatic heterocycles. The van der Waals surface area contributed by atoms with Crippen LogP contribution in [0.2, 0.25) is 0 Å². The van der Waals surface area contributed by atoms with Crippen LogP contribution in [0.5, 0.6) is 5.88 Å². The van der Waals surface area contributed by atoms with Crippen LogP contribution in [0.1, 0.15) is 37.0 Å². The summed E-state index contributed by atoms with van der Waals surface area (Å²) in [6.45, 7) is 4.96. The molecule has 1 atom stereocenters. The van der Waals surface area contributed by atoms with Crippen LogP contribution >= 0.6 is 0 Å². The van der Waals surface area contributed by atoms with E-state index in [1.807, 2.05) is 0 Å². The normalized spacial score (nSPS) is 12.2. The van der Waals surface area contributed by atoms with E-state index >= 15 is 0 Å². The highest BCUT2D eigenvalue weighted by Crippen LogP contribution is 2.16. The molecular weight excluding hydrogens is 256 g/mol. The smallest absolute Gasteiger partial charge is 0.256 e. The number of carbonyl (C=O) groups excluding carboxylic acids is 1. The number of nitrogens with zero attached hydrogens (tertiary/aromatic N) is 1. The molecule has 1 heterocycles. The highest BCUT2D eigenvalue weighted by atomic mass is 16.5. The molecule has 2 N–H and O–H groups in total. The van der Waals surface area contributed by atoms with Crippen molar-refractivity contribution in [2.75, 3.05) is 20.3 Å². The molecule has 0 bridgehead atoms. The van der Waals surface area contributed by atoms with Crippen molar-refractivity contribution in [1.29, 1.82) is 0 Å². The van der Waals surface area contributed by atoms with Crippen LogP contribution in [0.4, 0.5) is 0 Å². The van der Waals surface area contributed by atoms with Gasteiger partial charge >= 0.3 is 0 Å². The predicted octanol–water partition coefficient (Wildman–Crippen LogP) is 1.86. The van der Waals surface area contributed by atoms with Gasteiger partial charge < -0.3 is 15.2 Å². The maximum absolute atomic E-state index is 12.1. The van der Waals surface area contributed by atoms with Gasteiger partial charge in [0.15, 0.2) is 0 Å². The fraction of sp³-hybridized carbons (Fsp3) is 0.600. The second-order valence-corrected chi connectivity index (χ2v) is 5.28. The summed E-state index contributed by atoms with van der Waals surface area (Å²) in [4.78, 5) is 16.1. The fourth-order valence-electron chi connectivity index (χ4n) is 2.21. The standard InChI is InChI=1S/C15H24N2O3/c1-11(2)9-12(6-8-18)10-17-14(19)13-5-4-7-16-15(13)20-3/h4-5,7,11-12,18H,6,8-10H2,1-3H3,(H,17,19). The van der Waals surface area contributed by atoms with Crippen molar-refractivity contribution in [1.82, 2.24) is 10.3 Å². The van der Waals surface area contributed by atoms with Crippen molar-refractivity contribution in [2.24, 2.45) is 11.8 Å². The lowest BCUT2D eigenvalue weighted by atomic mass is 9.94. The van der Waals surface area contributed by atoms with Crippen molar-refractivity contribution in [3.05, 3.63) is 23.9 Å². The summed E-state index contributed by atoms with van der Waals surface area (Å²) in [6, 6.07) is 3.39. The summed E-state index contributed by atoms with van der Waals surface area (Å²) in [5.74, 6) is 0.956. The summed E-state index contributed by atoms with van der Waals surface area (Å²) in [6.07, 6.45) is 3.26. The Labute approximate surface area is 120 Å². The van der Waals surface area contributed by atoms with Gasteiger partial charge in [0.2, 0.25) is 5.88 Å². The third-order valence-electron chi connectivity index (χ3n) is 3.10. The van der Waals surface area contributed by atoms with Crippen LogP contribution in [-0.2, 0) is 0 Å². The SMILES string of the molecule is COc1ncccc1C(=O)NCC(CCO)CC(C)C. The first-order valence-corrected chi connectivity index (χ1v) is 6.96. The lowest BCUT2D eigenvalue weighted by Crippen LogP contribution is -2.30. The average molecular weight is 280 g/mol. The molecule has 1 rings (SSSR count). The van der Waals surface area contributed by atoms with E-state index in [1.54, 1.807) is 18.3 Å². The first kappa shape index (κ1) is 16.4. The lowest BCUT2D eigenvalue weighted by Gasteiger charge is -2.18. The Morgan fingerprint density at radius 2 is 2.25 bits per heavy atom. The molecule has 0 aliphatic carbocycles. The number of carbonyl (C=O) groups is 1. The zero-order valence-corrected chi connectivity index (χ0v) is 12.4. The fourth-order valence-corrected chi connectivity index (χ4v) is 2.21.